The van der Waals surface area contributed by atoms with Gasteiger partial charge in [-0.2, -0.15) is 0 Å². The smallest absolute Gasteiger partial charge is 0.309 e. The van der Waals surface area contributed by atoms with Crippen molar-refractivity contribution in [2.75, 3.05) is 0 Å². The Kier molecular flexibility index (Phi) is 6.17. The molecule has 0 aliphatic heterocycles. The van der Waals surface area contributed by atoms with Gasteiger partial charge in [-0.25, -0.2) is 0 Å². The van der Waals surface area contributed by atoms with E-state index in [-0.39, 0.29) is 34.0 Å². The molecular formula is C33H50O4. The van der Waals surface area contributed by atoms with Gasteiger partial charge in [0.1, 0.15) is 0 Å². The maximum atomic E-state index is 12.8. The van der Waals surface area contributed by atoms with Gasteiger partial charge < -0.3 is 10.2 Å². The lowest BCUT2D eigenvalue weighted by molar-refractivity contribution is -0.229. The lowest BCUT2D eigenvalue weighted by Gasteiger charge is -2.72. The summed E-state index contributed by atoms with van der Waals surface area (Å²) in [6, 6.07) is 0. The summed E-state index contributed by atoms with van der Waals surface area (Å²) in [7, 11) is 0. The third-order valence-electron chi connectivity index (χ3n) is 13.9. The number of allylic oxidation sites excluding steroid dienone is 3. The lowest BCUT2D eigenvalue weighted by Crippen LogP contribution is -2.66. The van der Waals surface area contributed by atoms with Crippen molar-refractivity contribution < 1.29 is 19.8 Å². The van der Waals surface area contributed by atoms with Crippen LogP contribution in [0, 0.1) is 56.7 Å². The first-order valence-electron chi connectivity index (χ1n) is 15.0. The fourth-order valence-electron chi connectivity index (χ4n) is 11.8. The van der Waals surface area contributed by atoms with E-state index in [9.17, 15) is 19.8 Å². The van der Waals surface area contributed by atoms with Crippen molar-refractivity contribution >= 4 is 11.9 Å². The molecule has 0 heterocycles. The molecule has 0 saturated heterocycles. The van der Waals surface area contributed by atoms with E-state index in [1.165, 1.54) is 30.4 Å². The third kappa shape index (κ3) is 3.45. The molecule has 9 unspecified atom stereocenters. The number of carboxylic acids is 2. The predicted octanol–water partition coefficient (Wildman–Crippen LogP) is 8.13. The van der Waals surface area contributed by atoms with Crippen molar-refractivity contribution in [1.82, 2.24) is 0 Å². The Hall–Kier alpha value is -1.58. The summed E-state index contributed by atoms with van der Waals surface area (Å²) in [5.41, 5.74) is 2.52. The molecule has 5 aliphatic carbocycles. The second kappa shape index (κ2) is 8.46. The molecule has 0 aromatic rings. The molecule has 4 nitrogen and oxygen atoms in total. The normalized spacial score (nSPS) is 48.1. The van der Waals surface area contributed by atoms with Crippen LogP contribution >= 0.6 is 0 Å². The highest BCUT2D eigenvalue weighted by Crippen LogP contribution is 2.77. The molecule has 9 atom stereocenters. The molecule has 0 spiro atoms. The molecule has 0 radical (unpaired) electrons. The second-order valence-corrected chi connectivity index (χ2v) is 15.2. The first kappa shape index (κ1) is 27.0. The van der Waals surface area contributed by atoms with Gasteiger partial charge in [-0.1, -0.05) is 58.4 Å². The number of fused-ring (bicyclic) bond motifs is 7. The molecule has 2 N–H and O–H groups in total. The number of aliphatic carboxylic acids is 2. The van der Waals surface area contributed by atoms with Crippen molar-refractivity contribution in [2.45, 2.75) is 112 Å². The zero-order valence-electron chi connectivity index (χ0n) is 24.2. The fraction of sp³-hybridized carbons (Fsp3) is 0.818. The van der Waals surface area contributed by atoms with Crippen molar-refractivity contribution in [3.63, 3.8) is 0 Å². The highest BCUT2D eigenvalue weighted by atomic mass is 16.4. The summed E-state index contributed by atoms with van der Waals surface area (Å²) in [6.07, 6.45) is 12.7. The number of hydrogen-bond donors (Lipinski definition) is 2. The van der Waals surface area contributed by atoms with Crippen LogP contribution in [0.3, 0.4) is 0 Å². The maximum Gasteiger partial charge on any atom is 0.309 e. The predicted molar refractivity (Wildman–Crippen MR) is 147 cm³/mol. The molecule has 206 valence electrons. The minimum atomic E-state index is -0.706. The fourth-order valence-corrected chi connectivity index (χ4v) is 11.8. The van der Waals surface area contributed by atoms with Crippen molar-refractivity contribution in [3.05, 3.63) is 23.8 Å². The standard InChI is InChI=1S/C33H50O4/c1-20(2)22-13-17-33(28(36)37)19-18-31(6)23(27(22)33)9-10-25-30(5)15-12-21(8-11-26(34)35)29(3,4)24(30)14-16-32(25,31)7/h12,22-25,27H,1,8-11,13-19H2,2-7H3,(H,34,35)(H,36,37). The average Bonchev–Trinajstić information content (AvgIpc) is 3.20. The molecule has 0 amide bonds. The molecule has 0 aromatic carbocycles. The van der Waals surface area contributed by atoms with Gasteiger partial charge in [0.2, 0.25) is 0 Å². The van der Waals surface area contributed by atoms with Crippen LogP contribution in [0.4, 0.5) is 0 Å². The van der Waals surface area contributed by atoms with Gasteiger partial charge in [-0.05, 0) is 122 Å². The number of hydrogen-bond acceptors (Lipinski definition) is 2. The summed E-state index contributed by atoms with van der Waals surface area (Å²) in [6.45, 7) is 18.9. The Morgan fingerprint density at radius 3 is 2.24 bits per heavy atom. The van der Waals surface area contributed by atoms with Crippen molar-refractivity contribution in [1.29, 1.82) is 0 Å². The monoisotopic (exact) mass is 510 g/mol. The SMILES string of the molecule is C=C(C)C1CCC2(C(=O)O)CCC3(C)C(CCC4C5(C)CC=C(CCC(=O)O)C(C)(C)C5CCC43C)C12. The molecule has 5 aliphatic rings. The first-order valence-corrected chi connectivity index (χ1v) is 15.0. The van der Waals surface area contributed by atoms with Gasteiger partial charge in [-0.3, -0.25) is 9.59 Å². The zero-order valence-corrected chi connectivity index (χ0v) is 24.2. The Morgan fingerprint density at radius 2 is 1.62 bits per heavy atom. The van der Waals surface area contributed by atoms with E-state index >= 15 is 0 Å². The Bertz CT molecular complexity index is 1040. The zero-order chi connectivity index (χ0) is 27.2. The third-order valence-corrected chi connectivity index (χ3v) is 13.9. The Labute approximate surface area is 224 Å². The summed E-state index contributed by atoms with van der Waals surface area (Å²) in [4.78, 5) is 24.2. The first-order chi connectivity index (χ1) is 17.1. The number of carbonyl (C=O) groups is 2. The minimum Gasteiger partial charge on any atom is -0.481 e. The van der Waals surface area contributed by atoms with Gasteiger partial charge in [0.25, 0.3) is 0 Å². The van der Waals surface area contributed by atoms with Crippen LogP contribution < -0.4 is 0 Å². The summed E-state index contributed by atoms with van der Waals surface area (Å²) in [5, 5.41) is 19.9. The van der Waals surface area contributed by atoms with Crippen LogP contribution in [0.25, 0.3) is 0 Å². The molecule has 37 heavy (non-hydrogen) atoms. The topological polar surface area (TPSA) is 74.6 Å². The van der Waals surface area contributed by atoms with Crippen LogP contribution in [0.15, 0.2) is 23.8 Å². The van der Waals surface area contributed by atoms with Gasteiger partial charge in [0.15, 0.2) is 0 Å². The van der Waals surface area contributed by atoms with E-state index in [4.69, 9.17) is 0 Å². The van der Waals surface area contributed by atoms with Gasteiger partial charge in [0, 0.05) is 6.42 Å². The highest BCUT2D eigenvalue weighted by molar-refractivity contribution is 5.76. The molecule has 4 saturated carbocycles. The van der Waals surface area contributed by atoms with E-state index in [2.05, 4.69) is 54.2 Å². The highest BCUT2D eigenvalue weighted by Gasteiger charge is 2.71. The molecule has 5 rings (SSSR count). The van der Waals surface area contributed by atoms with Crippen LogP contribution in [-0.2, 0) is 9.59 Å². The van der Waals surface area contributed by atoms with E-state index in [0.717, 1.165) is 38.5 Å². The van der Waals surface area contributed by atoms with Crippen LogP contribution in [-0.4, -0.2) is 22.2 Å². The van der Waals surface area contributed by atoms with Gasteiger partial charge in [0.05, 0.1) is 5.41 Å². The van der Waals surface area contributed by atoms with Crippen molar-refractivity contribution in [3.8, 4) is 0 Å². The summed E-state index contributed by atoms with van der Waals surface area (Å²) in [5.74, 6) is 0.903. The van der Waals surface area contributed by atoms with E-state index in [0.29, 0.717) is 30.1 Å². The van der Waals surface area contributed by atoms with Crippen LogP contribution in [0.2, 0.25) is 0 Å². The lowest BCUT2D eigenvalue weighted by atomic mass is 9.32. The quantitative estimate of drug-likeness (QED) is 0.366. The largest absolute Gasteiger partial charge is 0.481 e. The minimum absolute atomic E-state index is 0.0169. The Morgan fingerprint density at radius 1 is 0.919 bits per heavy atom. The Balaban J connectivity index is 1.52. The van der Waals surface area contributed by atoms with Gasteiger partial charge >= 0.3 is 11.9 Å². The molecule has 0 aromatic heterocycles. The van der Waals surface area contributed by atoms with E-state index in [1.54, 1.807) is 0 Å². The molecule has 4 heteroatoms. The summed E-state index contributed by atoms with van der Waals surface area (Å²) >= 11 is 0. The van der Waals surface area contributed by atoms with Gasteiger partial charge in [-0.15, -0.1) is 0 Å². The van der Waals surface area contributed by atoms with Crippen LogP contribution in [0.5, 0.6) is 0 Å². The average molecular weight is 511 g/mol. The van der Waals surface area contributed by atoms with E-state index < -0.39 is 17.4 Å². The maximum absolute atomic E-state index is 12.8. The second-order valence-electron chi connectivity index (χ2n) is 15.2. The molecule has 0 bridgehead atoms. The number of carboxylic acid groups (broad SMARTS) is 2. The van der Waals surface area contributed by atoms with Crippen molar-refractivity contribution in [2.24, 2.45) is 56.7 Å². The summed E-state index contributed by atoms with van der Waals surface area (Å²) < 4.78 is 0. The molecular weight excluding hydrogens is 460 g/mol. The molecule has 4 fully saturated rings. The van der Waals surface area contributed by atoms with E-state index in [1.807, 2.05) is 0 Å². The van der Waals surface area contributed by atoms with Crippen LogP contribution in [0.1, 0.15) is 112 Å². The number of rotatable bonds is 5.